The molecule has 0 unspecified atom stereocenters. The first kappa shape index (κ1) is 27.4. The molecule has 1 aromatic heterocycles. The van der Waals surface area contributed by atoms with E-state index in [2.05, 4.69) is 25.5 Å². The number of nitrogens with zero attached hydrogens (tertiary/aromatic N) is 4. The second kappa shape index (κ2) is 11.2. The molecule has 1 amide bonds. The molecule has 2 fully saturated rings. The van der Waals surface area contributed by atoms with Crippen LogP contribution in [0.25, 0.3) is 0 Å². The van der Waals surface area contributed by atoms with Crippen molar-refractivity contribution in [1.29, 1.82) is 0 Å². The SMILES string of the molecule is O=C(Nc1cc(N2CCN(C3COC3)CC2)cc(C(F)(F)F)c1)c1ccc(Cl)c(Oc2ncnc3c2OCCN3)c1. The molecule has 2 N–H and O–H groups in total. The van der Waals surface area contributed by atoms with E-state index in [1.54, 1.807) is 6.07 Å². The van der Waals surface area contributed by atoms with Crippen molar-refractivity contribution in [3.63, 3.8) is 0 Å². The van der Waals surface area contributed by atoms with Crippen LogP contribution in [0.2, 0.25) is 5.02 Å². The lowest BCUT2D eigenvalue weighted by atomic mass is 10.1. The minimum absolute atomic E-state index is 0.0245. The van der Waals surface area contributed by atoms with Crippen molar-refractivity contribution in [3.8, 4) is 17.4 Å². The molecule has 41 heavy (non-hydrogen) atoms. The number of carbonyl (C=O) groups excluding carboxylic acids is 1. The maximum atomic E-state index is 13.8. The summed E-state index contributed by atoms with van der Waals surface area (Å²) in [7, 11) is 0. The zero-order valence-electron chi connectivity index (χ0n) is 21.7. The number of piperazine rings is 1. The van der Waals surface area contributed by atoms with Gasteiger partial charge in [-0.05, 0) is 36.4 Å². The Kier molecular flexibility index (Phi) is 7.49. The number of hydrogen-bond donors (Lipinski definition) is 2. The monoisotopic (exact) mass is 590 g/mol. The number of fused-ring (bicyclic) bond motifs is 1. The Bertz CT molecular complexity index is 1450. The Morgan fingerprint density at radius 3 is 2.63 bits per heavy atom. The van der Waals surface area contributed by atoms with Gasteiger partial charge in [-0.2, -0.15) is 18.2 Å². The zero-order valence-corrected chi connectivity index (χ0v) is 22.5. The fraction of sp³-hybridized carbons (Fsp3) is 0.370. The second-order valence-electron chi connectivity index (χ2n) is 9.81. The summed E-state index contributed by atoms with van der Waals surface area (Å²) >= 11 is 6.32. The first-order chi connectivity index (χ1) is 19.7. The maximum Gasteiger partial charge on any atom is 0.416 e. The lowest BCUT2D eigenvalue weighted by Gasteiger charge is -2.43. The number of carbonyl (C=O) groups is 1. The molecule has 3 aliphatic rings. The van der Waals surface area contributed by atoms with Crippen LogP contribution >= 0.6 is 11.6 Å². The Balaban J connectivity index is 1.21. The first-order valence-corrected chi connectivity index (χ1v) is 13.4. The van der Waals surface area contributed by atoms with Crippen LogP contribution in [-0.4, -0.2) is 79.4 Å². The number of alkyl halides is 3. The average molecular weight is 591 g/mol. The molecule has 2 aromatic carbocycles. The molecule has 0 atom stereocenters. The largest absolute Gasteiger partial charge is 0.483 e. The predicted octanol–water partition coefficient (Wildman–Crippen LogP) is 4.52. The standard InChI is InChI=1S/C27H26ClF3N6O4/c28-21-2-1-16(9-22(21)41-26-23-24(33-15-34-26)32-3-8-40-23)25(38)35-18-10-17(27(29,30)31)11-19(12-18)36-4-6-37(7-5-36)20-13-39-14-20/h1-2,9-12,15,20H,3-8,13-14H2,(H,35,38)(H,32,33,34). The van der Waals surface area contributed by atoms with E-state index in [0.717, 1.165) is 25.2 Å². The molecule has 3 aromatic rings. The molecular weight excluding hydrogens is 565 g/mol. The second-order valence-corrected chi connectivity index (χ2v) is 10.2. The maximum absolute atomic E-state index is 13.8. The summed E-state index contributed by atoms with van der Waals surface area (Å²) < 4.78 is 58.2. The summed E-state index contributed by atoms with van der Waals surface area (Å²) in [6, 6.07) is 8.27. The summed E-state index contributed by atoms with van der Waals surface area (Å²) in [5, 5.41) is 5.88. The third kappa shape index (κ3) is 5.97. The summed E-state index contributed by atoms with van der Waals surface area (Å²) in [6.45, 7) is 4.89. The molecule has 3 aliphatic heterocycles. The van der Waals surface area contributed by atoms with Crippen molar-refractivity contribution in [1.82, 2.24) is 14.9 Å². The van der Waals surface area contributed by atoms with E-state index in [9.17, 15) is 18.0 Å². The molecular formula is C27H26ClF3N6O4. The lowest BCUT2D eigenvalue weighted by Crippen LogP contribution is -2.56. The van der Waals surface area contributed by atoms with Crippen LogP contribution in [0.1, 0.15) is 15.9 Å². The van der Waals surface area contributed by atoms with E-state index in [1.807, 2.05) is 4.90 Å². The summed E-state index contributed by atoms with van der Waals surface area (Å²) in [5.74, 6) is 0.366. The van der Waals surface area contributed by atoms with E-state index in [4.69, 9.17) is 25.8 Å². The van der Waals surface area contributed by atoms with Gasteiger partial charge in [0.25, 0.3) is 11.8 Å². The van der Waals surface area contributed by atoms with Gasteiger partial charge in [0.15, 0.2) is 5.82 Å². The number of halogens is 4. The smallest absolute Gasteiger partial charge is 0.416 e. The molecule has 14 heteroatoms. The molecule has 6 rings (SSSR count). The first-order valence-electron chi connectivity index (χ1n) is 13.0. The van der Waals surface area contributed by atoms with Gasteiger partial charge in [-0.15, -0.1) is 0 Å². The quantitative estimate of drug-likeness (QED) is 0.429. The molecule has 216 valence electrons. The van der Waals surface area contributed by atoms with Crippen LogP contribution in [-0.2, 0) is 10.9 Å². The Morgan fingerprint density at radius 2 is 1.90 bits per heavy atom. The van der Waals surface area contributed by atoms with E-state index in [0.29, 0.717) is 62.8 Å². The highest BCUT2D eigenvalue weighted by molar-refractivity contribution is 6.32. The Labute approximate surface area is 238 Å². The molecule has 0 radical (unpaired) electrons. The highest BCUT2D eigenvalue weighted by atomic mass is 35.5. The highest BCUT2D eigenvalue weighted by Gasteiger charge is 2.33. The number of aromatic nitrogens is 2. The topological polar surface area (TPSA) is 101 Å². The van der Waals surface area contributed by atoms with Crippen LogP contribution in [0.5, 0.6) is 17.4 Å². The molecule has 0 spiro atoms. The van der Waals surface area contributed by atoms with E-state index in [1.165, 1.54) is 24.5 Å². The van der Waals surface area contributed by atoms with Gasteiger partial charge in [-0.25, -0.2) is 4.98 Å². The van der Waals surface area contributed by atoms with Gasteiger partial charge in [0.1, 0.15) is 18.7 Å². The van der Waals surface area contributed by atoms with Gasteiger partial charge < -0.3 is 29.7 Å². The van der Waals surface area contributed by atoms with E-state index < -0.39 is 17.6 Å². The van der Waals surface area contributed by atoms with Gasteiger partial charge in [0.2, 0.25) is 5.75 Å². The molecule has 0 aliphatic carbocycles. The van der Waals surface area contributed by atoms with Crippen LogP contribution in [0.4, 0.5) is 30.4 Å². The minimum atomic E-state index is -4.59. The zero-order chi connectivity index (χ0) is 28.6. The average Bonchev–Trinajstić information content (AvgIpc) is 2.93. The van der Waals surface area contributed by atoms with Crippen molar-refractivity contribution in [3.05, 3.63) is 58.9 Å². The van der Waals surface area contributed by atoms with Gasteiger partial charge in [0, 0.05) is 43.1 Å². The van der Waals surface area contributed by atoms with Gasteiger partial charge in [-0.1, -0.05) is 11.6 Å². The number of amides is 1. The van der Waals surface area contributed by atoms with Crippen molar-refractivity contribution in [2.24, 2.45) is 0 Å². The number of anilines is 3. The molecule has 4 heterocycles. The van der Waals surface area contributed by atoms with Crippen molar-refractivity contribution in [2.75, 3.05) is 68.1 Å². The molecule has 2 saturated heterocycles. The van der Waals surface area contributed by atoms with Crippen LogP contribution < -0.4 is 25.0 Å². The van der Waals surface area contributed by atoms with Crippen LogP contribution in [0, 0.1) is 0 Å². The summed E-state index contributed by atoms with van der Waals surface area (Å²) in [4.78, 5) is 25.6. The normalized spacial score (nSPS) is 17.6. The Hall–Kier alpha value is -3.81. The van der Waals surface area contributed by atoms with Crippen LogP contribution in [0.3, 0.4) is 0 Å². The number of nitrogens with one attached hydrogen (secondary N) is 2. The minimum Gasteiger partial charge on any atom is -0.483 e. The van der Waals surface area contributed by atoms with Crippen LogP contribution in [0.15, 0.2) is 42.7 Å². The third-order valence-electron chi connectivity index (χ3n) is 7.13. The molecule has 0 bridgehead atoms. The molecule has 0 saturated carbocycles. The van der Waals surface area contributed by atoms with E-state index >= 15 is 0 Å². The highest BCUT2D eigenvalue weighted by Crippen LogP contribution is 2.39. The number of ether oxygens (including phenoxy) is 3. The summed E-state index contributed by atoms with van der Waals surface area (Å²) in [5.41, 5.74) is -0.303. The van der Waals surface area contributed by atoms with Crippen molar-refractivity contribution in [2.45, 2.75) is 12.2 Å². The van der Waals surface area contributed by atoms with Crippen molar-refractivity contribution >= 4 is 34.7 Å². The lowest BCUT2D eigenvalue weighted by molar-refractivity contribution is -0.137. The molecule has 10 nitrogen and oxygen atoms in total. The number of benzene rings is 2. The van der Waals surface area contributed by atoms with E-state index in [-0.39, 0.29) is 27.9 Å². The van der Waals surface area contributed by atoms with Gasteiger partial charge >= 0.3 is 6.18 Å². The van der Waals surface area contributed by atoms with Gasteiger partial charge in [0.05, 0.1) is 36.4 Å². The third-order valence-corrected chi connectivity index (χ3v) is 7.44. The predicted molar refractivity (Wildman–Crippen MR) is 145 cm³/mol. The fourth-order valence-electron chi connectivity index (χ4n) is 4.85. The fourth-order valence-corrected chi connectivity index (χ4v) is 5.00. The number of rotatable bonds is 6. The van der Waals surface area contributed by atoms with Crippen molar-refractivity contribution < 1.29 is 32.2 Å². The number of hydrogen-bond acceptors (Lipinski definition) is 9. The Morgan fingerprint density at radius 1 is 1.10 bits per heavy atom. The van der Waals surface area contributed by atoms with Gasteiger partial charge in [-0.3, -0.25) is 9.69 Å². The summed E-state index contributed by atoms with van der Waals surface area (Å²) in [6.07, 6.45) is -3.29.